The summed E-state index contributed by atoms with van der Waals surface area (Å²) in [4.78, 5) is 16.4. The number of amides is 1. The Bertz CT molecular complexity index is 500. The predicted octanol–water partition coefficient (Wildman–Crippen LogP) is 1.66. The van der Waals surface area contributed by atoms with Crippen LogP contribution in [0.15, 0.2) is 24.3 Å². The molecule has 1 aromatic carbocycles. The lowest BCUT2D eigenvalue weighted by atomic mass is 10.1. The highest BCUT2D eigenvalue weighted by Gasteiger charge is 2.25. The summed E-state index contributed by atoms with van der Waals surface area (Å²) in [5.41, 5.74) is 2.06. The minimum atomic E-state index is 0.0218. The number of hydrogen-bond donors (Lipinski definition) is 0. The maximum Gasteiger partial charge on any atom is 0.253 e. The largest absolute Gasteiger partial charge is 0.376 e. The highest BCUT2D eigenvalue weighted by atomic mass is 16.5. The van der Waals surface area contributed by atoms with Gasteiger partial charge in [0.05, 0.1) is 24.1 Å². The lowest BCUT2D eigenvalue weighted by molar-refractivity contribution is -0.124. The monoisotopic (exact) mass is 290 g/mol. The summed E-state index contributed by atoms with van der Waals surface area (Å²) in [5.74, 6) is 0.0218. The summed E-state index contributed by atoms with van der Waals surface area (Å²) >= 11 is 0. The Hall–Kier alpha value is -1.59. The first kappa shape index (κ1) is 14.4. The van der Waals surface area contributed by atoms with Crippen molar-refractivity contribution in [2.75, 3.05) is 49.8 Å². The SMILES string of the molecule is CN1CCN(C(=O)COC[C@H]2CCCO2)c2ccccc21. The van der Waals surface area contributed by atoms with Crippen LogP contribution in [-0.4, -0.2) is 52.0 Å². The van der Waals surface area contributed by atoms with Gasteiger partial charge >= 0.3 is 0 Å². The van der Waals surface area contributed by atoms with Crippen LogP contribution in [0.1, 0.15) is 12.8 Å². The van der Waals surface area contributed by atoms with Crippen molar-refractivity contribution in [1.29, 1.82) is 0 Å². The molecule has 2 aliphatic rings. The molecule has 1 amide bonds. The van der Waals surface area contributed by atoms with Crippen LogP contribution in [0.5, 0.6) is 0 Å². The molecule has 1 saturated heterocycles. The number of benzene rings is 1. The Morgan fingerprint density at radius 3 is 2.90 bits per heavy atom. The van der Waals surface area contributed by atoms with E-state index in [1.54, 1.807) is 0 Å². The second-order valence-corrected chi connectivity index (χ2v) is 5.61. The zero-order valence-electron chi connectivity index (χ0n) is 12.5. The van der Waals surface area contributed by atoms with Crippen LogP contribution in [0.2, 0.25) is 0 Å². The summed E-state index contributed by atoms with van der Waals surface area (Å²) in [6.07, 6.45) is 2.29. The van der Waals surface area contributed by atoms with Crippen molar-refractivity contribution in [3.63, 3.8) is 0 Å². The fourth-order valence-corrected chi connectivity index (χ4v) is 2.90. The molecule has 0 unspecified atom stereocenters. The molecule has 0 aliphatic carbocycles. The third kappa shape index (κ3) is 3.19. The fraction of sp³-hybridized carbons (Fsp3) is 0.562. The molecule has 0 saturated carbocycles. The molecule has 5 nitrogen and oxygen atoms in total. The Labute approximate surface area is 125 Å². The van der Waals surface area contributed by atoms with Crippen molar-refractivity contribution in [2.24, 2.45) is 0 Å². The van der Waals surface area contributed by atoms with Crippen LogP contribution >= 0.6 is 0 Å². The number of fused-ring (bicyclic) bond motifs is 1. The van der Waals surface area contributed by atoms with E-state index in [9.17, 15) is 4.79 Å². The Kier molecular flexibility index (Phi) is 4.41. The smallest absolute Gasteiger partial charge is 0.253 e. The molecule has 0 bridgehead atoms. The Balaban J connectivity index is 1.58. The molecular formula is C16H22N2O3. The van der Waals surface area contributed by atoms with Gasteiger partial charge in [-0.25, -0.2) is 0 Å². The number of hydrogen-bond acceptors (Lipinski definition) is 4. The van der Waals surface area contributed by atoms with Crippen LogP contribution in [-0.2, 0) is 14.3 Å². The zero-order chi connectivity index (χ0) is 14.7. The molecule has 1 fully saturated rings. The predicted molar refractivity (Wildman–Crippen MR) is 81.9 cm³/mol. The van der Waals surface area contributed by atoms with E-state index in [0.29, 0.717) is 13.2 Å². The van der Waals surface area contributed by atoms with Gasteiger partial charge in [-0.1, -0.05) is 12.1 Å². The molecule has 2 aliphatic heterocycles. The van der Waals surface area contributed by atoms with Crippen LogP contribution in [0.25, 0.3) is 0 Å². The third-order valence-electron chi connectivity index (χ3n) is 4.10. The highest BCUT2D eigenvalue weighted by molar-refractivity contribution is 5.98. The van der Waals surface area contributed by atoms with E-state index in [1.165, 1.54) is 0 Å². The molecule has 0 N–H and O–H groups in total. The van der Waals surface area contributed by atoms with Gasteiger partial charge in [-0.05, 0) is 25.0 Å². The second-order valence-electron chi connectivity index (χ2n) is 5.61. The topological polar surface area (TPSA) is 42.0 Å². The average Bonchev–Trinajstić information content (AvgIpc) is 3.01. The quantitative estimate of drug-likeness (QED) is 0.846. The van der Waals surface area contributed by atoms with Crippen molar-refractivity contribution < 1.29 is 14.3 Å². The standard InChI is InChI=1S/C16H22N2O3/c1-17-8-9-18(15-7-3-2-6-14(15)17)16(19)12-20-11-13-5-4-10-21-13/h2-3,6-7,13H,4-5,8-12H2,1H3/t13-/m1/s1. The van der Waals surface area contributed by atoms with Gasteiger partial charge in [-0.3, -0.25) is 4.79 Å². The molecule has 0 aromatic heterocycles. The molecule has 2 heterocycles. The highest BCUT2D eigenvalue weighted by Crippen LogP contribution is 2.31. The van der Waals surface area contributed by atoms with Crippen molar-refractivity contribution >= 4 is 17.3 Å². The van der Waals surface area contributed by atoms with E-state index < -0.39 is 0 Å². The van der Waals surface area contributed by atoms with E-state index >= 15 is 0 Å². The Morgan fingerprint density at radius 2 is 2.14 bits per heavy atom. The maximum atomic E-state index is 12.4. The molecule has 21 heavy (non-hydrogen) atoms. The molecule has 0 radical (unpaired) electrons. The van der Waals surface area contributed by atoms with E-state index in [-0.39, 0.29) is 18.6 Å². The average molecular weight is 290 g/mol. The van der Waals surface area contributed by atoms with Crippen molar-refractivity contribution in [3.05, 3.63) is 24.3 Å². The van der Waals surface area contributed by atoms with E-state index in [1.807, 2.05) is 29.2 Å². The first-order chi connectivity index (χ1) is 10.3. The maximum absolute atomic E-state index is 12.4. The third-order valence-corrected chi connectivity index (χ3v) is 4.10. The van der Waals surface area contributed by atoms with Gasteiger partial charge in [0, 0.05) is 26.7 Å². The molecule has 3 rings (SSSR count). The number of carbonyl (C=O) groups is 1. The second kappa shape index (κ2) is 6.45. The molecule has 5 heteroatoms. The minimum Gasteiger partial charge on any atom is -0.376 e. The van der Waals surface area contributed by atoms with Gasteiger partial charge in [0.25, 0.3) is 5.91 Å². The lowest BCUT2D eigenvalue weighted by Crippen LogP contribution is -2.44. The number of carbonyl (C=O) groups excluding carboxylic acids is 1. The summed E-state index contributed by atoms with van der Waals surface area (Å²) in [5, 5.41) is 0. The molecular weight excluding hydrogens is 268 g/mol. The number of likely N-dealkylation sites (N-methyl/N-ethyl adjacent to an activating group) is 1. The molecule has 1 atom stereocenters. The summed E-state index contributed by atoms with van der Waals surface area (Å²) in [6.45, 7) is 3.00. The molecule has 114 valence electrons. The summed E-state index contributed by atoms with van der Waals surface area (Å²) in [7, 11) is 2.05. The first-order valence-electron chi connectivity index (χ1n) is 7.55. The number of nitrogens with zero attached hydrogens (tertiary/aromatic N) is 2. The van der Waals surface area contributed by atoms with Gasteiger partial charge < -0.3 is 19.3 Å². The summed E-state index contributed by atoms with van der Waals surface area (Å²) in [6, 6.07) is 7.99. The molecule has 0 spiro atoms. The normalized spacial score (nSPS) is 21.5. The van der Waals surface area contributed by atoms with Crippen LogP contribution in [0.3, 0.4) is 0 Å². The van der Waals surface area contributed by atoms with Gasteiger partial charge in [-0.2, -0.15) is 0 Å². The van der Waals surface area contributed by atoms with E-state index in [2.05, 4.69) is 11.9 Å². The Morgan fingerprint density at radius 1 is 1.33 bits per heavy atom. The molecule has 1 aromatic rings. The van der Waals surface area contributed by atoms with Crippen molar-refractivity contribution in [1.82, 2.24) is 0 Å². The number of anilines is 2. The zero-order valence-corrected chi connectivity index (χ0v) is 12.5. The number of para-hydroxylation sites is 2. The van der Waals surface area contributed by atoms with Crippen LogP contribution < -0.4 is 9.80 Å². The number of ether oxygens (including phenoxy) is 2. The van der Waals surface area contributed by atoms with Crippen LogP contribution in [0.4, 0.5) is 11.4 Å². The van der Waals surface area contributed by atoms with Gasteiger partial charge in [-0.15, -0.1) is 0 Å². The van der Waals surface area contributed by atoms with Crippen molar-refractivity contribution in [3.8, 4) is 0 Å². The van der Waals surface area contributed by atoms with E-state index in [4.69, 9.17) is 9.47 Å². The first-order valence-corrected chi connectivity index (χ1v) is 7.55. The van der Waals surface area contributed by atoms with Gasteiger partial charge in [0.2, 0.25) is 0 Å². The van der Waals surface area contributed by atoms with Crippen molar-refractivity contribution in [2.45, 2.75) is 18.9 Å². The summed E-state index contributed by atoms with van der Waals surface area (Å²) < 4.78 is 11.0. The van der Waals surface area contributed by atoms with E-state index in [0.717, 1.165) is 37.4 Å². The van der Waals surface area contributed by atoms with Crippen LogP contribution in [0, 0.1) is 0 Å². The minimum absolute atomic E-state index is 0.0218. The fourth-order valence-electron chi connectivity index (χ4n) is 2.90. The lowest BCUT2D eigenvalue weighted by Gasteiger charge is -2.35. The van der Waals surface area contributed by atoms with Gasteiger partial charge in [0.15, 0.2) is 0 Å². The van der Waals surface area contributed by atoms with Gasteiger partial charge in [0.1, 0.15) is 6.61 Å². The number of rotatable bonds is 4.